The number of benzene rings is 2. The number of non-ortho nitro benzene ring substituents is 1. The van der Waals surface area contributed by atoms with Crippen molar-refractivity contribution in [3.63, 3.8) is 0 Å². The van der Waals surface area contributed by atoms with Gasteiger partial charge in [-0.15, -0.1) is 5.10 Å². The third-order valence-corrected chi connectivity index (χ3v) is 6.33. The van der Waals surface area contributed by atoms with Gasteiger partial charge in [0.1, 0.15) is 5.82 Å². The van der Waals surface area contributed by atoms with Crippen LogP contribution in [0.15, 0.2) is 59.9 Å². The third-order valence-electron chi connectivity index (χ3n) is 5.42. The highest BCUT2D eigenvalue weighted by atomic mass is 32.2. The van der Waals surface area contributed by atoms with Gasteiger partial charge in [-0.3, -0.25) is 14.9 Å². The molecule has 0 fully saturated rings. The zero-order valence-electron chi connectivity index (χ0n) is 16.6. The first-order chi connectivity index (χ1) is 15.5. The highest BCUT2D eigenvalue weighted by Gasteiger charge is 2.28. The van der Waals surface area contributed by atoms with Crippen molar-refractivity contribution in [3.05, 3.63) is 93.0 Å². The number of thioether (sulfide) groups is 1. The second-order valence-corrected chi connectivity index (χ2v) is 8.47. The van der Waals surface area contributed by atoms with Gasteiger partial charge >= 0.3 is 0 Å². The topological polar surface area (TPSA) is 103 Å². The minimum atomic E-state index is -0.435. The number of carbonyl (C=O) groups excluding carboxylic acids is 1. The quantitative estimate of drug-likeness (QED) is 0.253. The van der Waals surface area contributed by atoms with Crippen LogP contribution in [0.4, 0.5) is 10.1 Å². The standard InChI is InChI=1S/C22H16FN5O3S/c23-16-5-3-14(4-6-16)15-9-19-18(20(29)10-15)11-27-21(24-19)25-22(26-27)32-12-13-1-7-17(8-2-13)28(30)31/h1-8,11,15H,9-10,12H2/t15-/m0/s1. The predicted octanol–water partition coefficient (Wildman–Crippen LogP) is 4.38. The molecule has 4 aromatic rings. The van der Waals surface area contributed by atoms with Crippen LogP contribution >= 0.6 is 11.8 Å². The van der Waals surface area contributed by atoms with E-state index in [2.05, 4.69) is 15.1 Å². The predicted molar refractivity (Wildman–Crippen MR) is 115 cm³/mol. The van der Waals surface area contributed by atoms with Crippen molar-refractivity contribution in [2.75, 3.05) is 0 Å². The van der Waals surface area contributed by atoms with Crippen molar-refractivity contribution in [1.82, 2.24) is 19.6 Å². The van der Waals surface area contributed by atoms with Crippen LogP contribution in [0.1, 0.15) is 39.5 Å². The van der Waals surface area contributed by atoms with E-state index < -0.39 is 4.92 Å². The summed E-state index contributed by atoms with van der Waals surface area (Å²) in [5, 5.41) is 15.7. The van der Waals surface area contributed by atoms with Crippen LogP contribution in [0.3, 0.4) is 0 Å². The number of nitrogens with zero attached hydrogens (tertiary/aromatic N) is 5. The third kappa shape index (κ3) is 3.96. The van der Waals surface area contributed by atoms with Crippen molar-refractivity contribution in [3.8, 4) is 0 Å². The lowest BCUT2D eigenvalue weighted by molar-refractivity contribution is -0.384. The van der Waals surface area contributed by atoms with Crippen LogP contribution in [-0.4, -0.2) is 30.3 Å². The van der Waals surface area contributed by atoms with Crippen molar-refractivity contribution in [1.29, 1.82) is 0 Å². The largest absolute Gasteiger partial charge is 0.294 e. The van der Waals surface area contributed by atoms with Crippen LogP contribution in [-0.2, 0) is 12.2 Å². The van der Waals surface area contributed by atoms with Crippen molar-refractivity contribution in [2.45, 2.75) is 29.7 Å². The first-order valence-electron chi connectivity index (χ1n) is 9.87. The number of nitro groups is 1. The van der Waals surface area contributed by atoms with Crippen molar-refractivity contribution < 1.29 is 14.1 Å². The van der Waals surface area contributed by atoms with Gasteiger partial charge in [0.25, 0.3) is 11.5 Å². The van der Waals surface area contributed by atoms with E-state index >= 15 is 0 Å². The Bertz CT molecular complexity index is 1340. The summed E-state index contributed by atoms with van der Waals surface area (Å²) in [7, 11) is 0. The van der Waals surface area contributed by atoms with E-state index in [1.54, 1.807) is 30.5 Å². The number of carbonyl (C=O) groups is 1. The van der Waals surface area contributed by atoms with Crippen LogP contribution in [0, 0.1) is 15.9 Å². The highest BCUT2D eigenvalue weighted by Crippen LogP contribution is 2.32. The highest BCUT2D eigenvalue weighted by molar-refractivity contribution is 7.98. The number of halogens is 1. The number of ketones is 1. The molecule has 10 heteroatoms. The molecule has 0 radical (unpaired) electrons. The molecule has 1 aliphatic carbocycles. The van der Waals surface area contributed by atoms with Crippen LogP contribution in [0.5, 0.6) is 0 Å². The molecular weight excluding hydrogens is 433 g/mol. The summed E-state index contributed by atoms with van der Waals surface area (Å²) in [4.78, 5) is 32.1. The molecule has 160 valence electrons. The molecule has 5 rings (SSSR count). The SMILES string of the molecule is O=C1C[C@@H](c2ccc(F)cc2)Cc2nc3nc(SCc4ccc([N+](=O)[O-])cc4)nn3cc21. The monoisotopic (exact) mass is 449 g/mol. The smallest absolute Gasteiger partial charge is 0.269 e. The summed E-state index contributed by atoms with van der Waals surface area (Å²) in [5.41, 5.74) is 3.06. The number of hydrogen-bond acceptors (Lipinski definition) is 7. The van der Waals surface area contributed by atoms with E-state index in [9.17, 15) is 19.3 Å². The molecule has 0 saturated carbocycles. The summed E-state index contributed by atoms with van der Waals surface area (Å²) < 4.78 is 14.7. The fraction of sp³-hybridized carbons (Fsp3) is 0.182. The summed E-state index contributed by atoms with van der Waals surface area (Å²) in [6.07, 6.45) is 2.58. The summed E-state index contributed by atoms with van der Waals surface area (Å²) in [5.74, 6) is 0.566. The van der Waals surface area contributed by atoms with Crippen LogP contribution < -0.4 is 0 Å². The first-order valence-corrected chi connectivity index (χ1v) is 10.9. The summed E-state index contributed by atoms with van der Waals surface area (Å²) in [6.45, 7) is 0. The molecule has 2 aromatic heterocycles. The number of aromatic nitrogens is 4. The Morgan fingerprint density at radius 2 is 1.84 bits per heavy atom. The molecule has 0 spiro atoms. The van der Waals surface area contributed by atoms with E-state index in [-0.39, 0.29) is 23.2 Å². The molecular formula is C22H16FN5O3S. The van der Waals surface area contributed by atoms with Gasteiger partial charge in [-0.05, 0) is 35.6 Å². The number of Topliss-reactive ketones (excluding diaryl/α,β-unsaturated/α-hetero) is 1. The molecule has 0 saturated heterocycles. The zero-order chi connectivity index (χ0) is 22.2. The second kappa shape index (κ2) is 8.12. The van der Waals surface area contributed by atoms with E-state index in [0.29, 0.717) is 40.8 Å². The summed E-state index contributed by atoms with van der Waals surface area (Å²) >= 11 is 1.38. The zero-order valence-corrected chi connectivity index (χ0v) is 17.5. The Morgan fingerprint density at radius 1 is 1.09 bits per heavy atom. The Morgan fingerprint density at radius 3 is 2.56 bits per heavy atom. The van der Waals surface area contributed by atoms with Gasteiger partial charge in [0, 0.05) is 30.5 Å². The van der Waals surface area contributed by atoms with E-state index in [1.807, 2.05) is 0 Å². The normalized spacial score (nSPS) is 15.7. The average molecular weight is 449 g/mol. The molecule has 0 amide bonds. The first kappa shape index (κ1) is 20.3. The molecule has 0 N–H and O–H groups in total. The number of nitro benzene ring substituents is 1. The second-order valence-electron chi connectivity index (χ2n) is 7.53. The van der Waals surface area contributed by atoms with Gasteiger partial charge in [-0.2, -0.15) is 4.98 Å². The maximum Gasteiger partial charge on any atom is 0.269 e. The van der Waals surface area contributed by atoms with Gasteiger partial charge in [-0.25, -0.2) is 13.9 Å². The van der Waals surface area contributed by atoms with Crippen LogP contribution in [0.25, 0.3) is 5.78 Å². The van der Waals surface area contributed by atoms with Gasteiger partial charge in [0.15, 0.2) is 5.78 Å². The molecule has 2 aromatic carbocycles. The maximum atomic E-state index is 13.2. The average Bonchev–Trinajstić information content (AvgIpc) is 3.19. The number of rotatable bonds is 5. The number of fused-ring (bicyclic) bond motifs is 2. The van der Waals surface area contributed by atoms with Gasteiger partial charge < -0.3 is 0 Å². The fourth-order valence-electron chi connectivity index (χ4n) is 3.76. The van der Waals surface area contributed by atoms with Gasteiger partial charge in [0.05, 0.1) is 16.2 Å². The number of hydrogen-bond donors (Lipinski definition) is 0. The molecule has 1 atom stereocenters. The minimum absolute atomic E-state index is 0.0226. The fourth-order valence-corrected chi connectivity index (χ4v) is 4.54. The lowest BCUT2D eigenvalue weighted by Crippen LogP contribution is -2.21. The molecule has 32 heavy (non-hydrogen) atoms. The molecule has 0 unspecified atom stereocenters. The summed E-state index contributed by atoms with van der Waals surface area (Å²) in [6, 6.07) is 12.6. The molecule has 8 nitrogen and oxygen atoms in total. The Balaban J connectivity index is 1.36. The Kier molecular flexibility index (Phi) is 5.14. The van der Waals surface area contributed by atoms with E-state index in [0.717, 1.165) is 11.1 Å². The van der Waals surface area contributed by atoms with Crippen molar-refractivity contribution >= 4 is 29.0 Å². The van der Waals surface area contributed by atoms with E-state index in [4.69, 9.17) is 0 Å². The Labute approximate surface area is 185 Å². The maximum absolute atomic E-state index is 13.2. The lowest BCUT2D eigenvalue weighted by Gasteiger charge is -2.23. The van der Waals surface area contributed by atoms with Gasteiger partial charge in [0.2, 0.25) is 5.16 Å². The van der Waals surface area contributed by atoms with E-state index in [1.165, 1.54) is 40.5 Å². The minimum Gasteiger partial charge on any atom is -0.294 e. The lowest BCUT2D eigenvalue weighted by atomic mass is 9.82. The molecule has 2 heterocycles. The van der Waals surface area contributed by atoms with Crippen molar-refractivity contribution in [2.24, 2.45) is 0 Å². The Hall–Kier alpha value is -3.66. The molecule has 0 bridgehead atoms. The molecule has 1 aliphatic rings. The van der Waals surface area contributed by atoms with Crippen LogP contribution in [0.2, 0.25) is 0 Å². The molecule has 0 aliphatic heterocycles. The van der Waals surface area contributed by atoms with Gasteiger partial charge in [-0.1, -0.05) is 36.0 Å².